The zero-order valence-corrected chi connectivity index (χ0v) is 12.8. The summed E-state index contributed by atoms with van der Waals surface area (Å²) < 4.78 is 29.0. The molecule has 1 aliphatic heterocycles. The molecule has 114 valence electrons. The number of fused-ring (bicyclic) bond motifs is 1. The fraction of sp³-hybridized carbons (Fsp3) is 0.500. The van der Waals surface area contributed by atoms with E-state index in [0.717, 1.165) is 11.5 Å². The number of rotatable bonds is 4. The fourth-order valence-corrected chi connectivity index (χ4v) is 4.06. The maximum absolute atomic E-state index is 12.8. The first-order chi connectivity index (χ1) is 10.0. The van der Waals surface area contributed by atoms with Crippen molar-refractivity contribution in [1.82, 2.24) is 29.4 Å². The van der Waals surface area contributed by atoms with Gasteiger partial charge in [-0.3, -0.25) is 5.10 Å². The summed E-state index contributed by atoms with van der Waals surface area (Å²) in [6, 6.07) is 0. The van der Waals surface area contributed by atoms with Crippen LogP contribution < -0.4 is 5.32 Å². The van der Waals surface area contributed by atoms with Gasteiger partial charge in [-0.05, 0) is 14.0 Å². The molecule has 0 radical (unpaired) electrons. The molecule has 2 aromatic heterocycles. The molecule has 0 fully saturated rings. The second-order valence-electron chi connectivity index (χ2n) is 5.04. The molecule has 21 heavy (non-hydrogen) atoms. The Hall–Kier alpha value is -1.71. The van der Waals surface area contributed by atoms with E-state index >= 15 is 0 Å². The van der Waals surface area contributed by atoms with E-state index in [1.54, 1.807) is 13.2 Å². The van der Waals surface area contributed by atoms with Crippen LogP contribution in [0.15, 0.2) is 17.4 Å². The van der Waals surface area contributed by atoms with E-state index in [-0.39, 0.29) is 11.6 Å². The molecule has 0 unspecified atom stereocenters. The first-order valence-electron chi connectivity index (χ1n) is 6.72. The number of H-pyrrole nitrogens is 1. The number of imidazole rings is 1. The Morgan fingerprint density at radius 2 is 2.24 bits per heavy atom. The molecule has 0 bridgehead atoms. The van der Waals surface area contributed by atoms with Crippen molar-refractivity contribution >= 4 is 10.0 Å². The van der Waals surface area contributed by atoms with Crippen molar-refractivity contribution < 1.29 is 8.42 Å². The van der Waals surface area contributed by atoms with Gasteiger partial charge in [0.15, 0.2) is 5.03 Å². The van der Waals surface area contributed by atoms with E-state index in [0.29, 0.717) is 25.2 Å². The second-order valence-corrected chi connectivity index (χ2v) is 6.89. The van der Waals surface area contributed by atoms with Gasteiger partial charge < -0.3 is 9.88 Å². The number of nitrogens with one attached hydrogen (secondary N) is 2. The summed E-state index contributed by atoms with van der Waals surface area (Å²) in [4.78, 5) is 4.19. The highest BCUT2D eigenvalue weighted by atomic mass is 32.2. The Labute approximate surface area is 123 Å². The Bertz CT molecular complexity index is 748. The lowest BCUT2D eigenvalue weighted by Crippen LogP contribution is -2.38. The van der Waals surface area contributed by atoms with Gasteiger partial charge in [-0.25, -0.2) is 13.4 Å². The third-order valence-corrected chi connectivity index (χ3v) is 5.50. The Morgan fingerprint density at radius 1 is 1.43 bits per heavy atom. The zero-order valence-electron chi connectivity index (χ0n) is 12.0. The van der Waals surface area contributed by atoms with Crippen LogP contribution in [0.25, 0.3) is 0 Å². The number of sulfonamides is 1. The summed E-state index contributed by atoms with van der Waals surface area (Å²) in [6.07, 6.45) is 3.56. The lowest BCUT2D eigenvalue weighted by Gasteiger charge is -2.26. The quantitative estimate of drug-likeness (QED) is 0.818. The smallest absolute Gasteiger partial charge is 0.263 e. The third-order valence-electron chi connectivity index (χ3n) is 3.68. The molecule has 9 heteroatoms. The lowest BCUT2D eigenvalue weighted by atomic mass is 10.3. The highest BCUT2D eigenvalue weighted by Crippen LogP contribution is 2.23. The Balaban J connectivity index is 1.95. The maximum Gasteiger partial charge on any atom is 0.263 e. The summed E-state index contributed by atoms with van der Waals surface area (Å²) >= 11 is 0. The van der Waals surface area contributed by atoms with E-state index in [4.69, 9.17) is 0 Å². The number of aryl methyl sites for hydroxylation is 1. The van der Waals surface area contributed by atoms with Crippen molar-refractivity contribution in [3.63, 3.8) is 0 Å². The predicted octanol–water partition coefficient (Wildman–Crippen LogP) is -0.161. The molecular weight excluding hydrogens is 292 g/mol. The topological polar surface area (TPSA) is 95.9 Å². The number of aromatic nitrogens is 4. The molecule has 3 rings (SSSR count). The van der Waals surface area contributed by atoms with Crippen LogP contribution in [0.4, 0.5) is 0 Å². The summed E-state index contributed by atoms with van der Waals surface area (Å²) in [5.74, 6) is 0.757. The van der Waals surface area contributed by atoms with Crippen LogP contribution in [-0.4, -0.2) is 46.1 Å². The molecule has 0 aromatic carbocycles. The molecule has 8 nitrogen and oxygen atoms in total. The first-order valence-corrected chi connectivity index (χ1v) is 8.16. The SMILES string of the molecule is CNCc1c(S(=O)(=O)N2CCn3ccnc3C2)n[nH]c1C. The van der Waals surface area contributed by atoms with E-state index in [9.17, 15) is 8.42 Å². The minimum absolute atomic E-state index is 0.106. The van der Waals surface area contributed by atoms with Crippen LogP contribution >= 0.6 is 0 Å². The molecule has 2 N–H and O–H groups in total. The molecule has 0 spiro atoms. The van der Waals surface area contributed by atoms with Crippen molar-refractivity contribution in [2.24, 2.45) is 0 Å². The first kappa shape index (κ1) is 14.2. The van der Waals surface area contributed by atoms with Crippen molar-refractivity contribution in [3.8, 4) is 0 Å². The van der Waals surface area contributed by atoms with Crippen LogP contribution in [0.2, 0.25) is 0 Å². The maximum atomic E-state index is 12.8. The average Bonchev–Trinajstić information content (AvgIpc) is 3.06. The molecule has 0 saturated carbocycles. The van der Waals surface area contributed by atoms with Gasteiger partial charge in [0.25, 0.3) is 10.0 Å². The lowest BCUT2D eigenvalue weighted by molar-refractivity contribution is 0.334. The number of nitrogens with zero attached hydrogens (tertiary/aromatic N) is 4. The van der Waals surface area contributed by atoms with Gasteiger partial charge in [0.05, 0.1) is 6.54 Å². The summed E-state index contributed by atoms with van der Waals surface area (Å²) in [6.45, 7) is 3.59. The summed E-state index contributed by atoms with van der Waals surface area (Å²) in [5, 5.41) is 9.85. The predicted molar refractivity (Wildman–Crippen MR) is 75.9 cm³/mol. The highest BCUT2D eigenvalue weighted by Gasteiger charge is 2.33. The van der Waals surface area contributed by atoms with Gasteiger partial charge in [-0.15, -0.1) is 0 Å². The van der Waals surface area contributed by atoms with E-state index in [2.05, 4.69) is 20.5 Å². The van der Waals surface area contributed by atoms with Crippen molar-refractivity contribution in [2.75, 3.05) is 13.6 Å². The minimum Gasteiger partial charge on any atom is -0.333 e. The van der Waals surface area contributed by atoms with Crippen LogP contribution in [0.3, 0.4) is 0 Å². The van der Waals surface area contributed by atoms with Gasteiger partial charge >= 0.3 is 0 Å². The van der Waals surface area contributed by atoms with Crippen LogP contribution in [0.1, 0.15) is 17.1 Å². The van der Waals surface area contributed by atoms with E-state index < -0.39 is 10.0 Å². The Morgan fingerprint density at radius 3 is 3.00 bits per heavy atom. The fourth-order valence-electron chi connectivity index (χ4n) is 2.51. The number of hydrogen-bond donors (Lipinski definition) is 2. The molecule has 1 aliphatic rings. The normalized spacial score (nSPS) is 16.1. The molecule has 2 aromatic rings. The van der Waals surface area contributed by atoms with E-state index in [1.807, 2.05) is 17.7 Å². The molecule has 0 aliphatic carbocycles. The van der Waals surface area contributed by atoms with Crippen molar-refractivity contribution in [2.45, 2.75) is 31.6 Å². The van der Waals surface area contributed by atoms with E-state index in [1.165, 1.54) is 4.31 Å². The van der Waals surface area contributed by atoms with Gasteiger partial charge in [0.2, 0.25) is 0 Å². The van der Waals surface area contributed by atoms with Gasteiger partial charge in [0.1, 0.15) is 5.82 Å². The third kappa shape index (κ3) is 2.37. The van der Waals surface area contributed by atoms with Gasteiger partial charge in [-0.1, -0.05) is 0 Å². The van der Waals surface area contributed by atoms with Crippen LogP contribution in [-0.2, 0) is 29.7 Å². The zero-order chi connectivity index (χ0) is 15.0. The number of aromatic amines is 1. The summed E-state index contributed by atoms with van der Waals surface area (Å²) in [5.41, 5.74) is 1.45. The minimum atomic E-state index is -3.62. The van der Waals surface area contributed by atoms with Gasteiger partial charge in [0, 0.05) is 43.3 Å². The molecular formula is C12H18N6O2S. The van der Waals surface area contributed by atoms with Crippen molar-refractivity contribution in [3.05, 3.63) is 29.5 Å². The molecule has 3 heterocycles. The standard InChI is InChI=1S/C12H18N6O2S/c1-9-10(7-13-2)12(16-15-9)21(19,20)18-6-5-17-4-3-14-11(17)8-18/h3-4,13H,5-8H2,1-2H3,(H,15,16). The average molecular weight is 310 g/mol. The second kappa shape index (κ2) is 5.24. The molecule has 0 amide bonds. The molecule has 0 saturated heterocycles. The monoisotopic (exact) mass is 310 g/mol. The Kier molecular flexibility index (Phi) is 3.56. The highest BCUT2D eigenvalue weighted by molar-refractivity contribution is 7.89. The van der Waals surface area contributed by atoms with Crippen LogP contribution in [0, 0.1) is 6.92 Å². The molecule has 0 atom stereocenters. The largest absolute Gasteiger partial charge is 0.333 e. The summed E-state index contributed by atoms with van der Waals surface area (Å²) in [7, 11) is -1.84. The van der Waals surface area contributed by atoms with Crippen LogP contribution in [0.5, 0.6) is 0 Å². The number of hydrogen-bond acceptors (Lipinski definition) is 5. The van der Waals surface area contributed by atoms with Crippen molar-refractivity contribution in [1.29, 1.82) is 0 Å². The van der Waals surface area contributed by atoms with Gasteiger partial charge in [-0.2, -0.15) is 9.40 Å².